The molecule has 1 N–H and O–H groups in total. The van der Waals surface area contributed by atoms with E-state index in [0.29, 0.717) is 16.5 Å². The summed E-state index contributed by atoms with van der Waals surface area (Å²) in [6, 6.07) is 16.7. The van der Waals surface area contributed by atoms with Gasteiger partial charge in [0, 0.05) is 6.07 Å². The molecule has 0 aliphatic carbocycles. The highest BCUT2D eigenvalue weighted by molar-refractivity contribution is 5.93. The van der Waals surface area contributed by atoms with Gasteiger partial charge in [-0.05, 0) is 36.8 Å². The van der Waals surface area contributed by atoms with E-state index < -0.39 is 5.91 Å². The molecular weight excluding hydrogens is 304 g/mol. The maximum atomic E-state index is 12.4. The third-order valence-electron chi connectivity index (χ3n) is 3.75. The van der Waals surface area contributed by atoms with Crippen LogP contribution in [0.2, 0.25) is 0 Å². The van der Waals surface area contributed by atoms with Crippen LogP contribution in [0.3, 0.4) is 0 Å². The summed E-state index contributed by atoms with van der Waals surface area (Å²) < 4.78 is 5.52. The first-order valence-electron chi connectivity index (χ1n) is 7.42. The molecule has 0 spiro atoms. The van der Waals surface area contributed by atoms with Crippen molar-refractivity contribution in [2.24, 2.45) is 0 Å². The number of rotatable bonds is 3. The second-order valence-electron chi connectivity index (χ2n) is 5.40. The highest BCUT2D eigenvalue weighted by atomic mass is 16.3. The van der Waals surface area contributed by atoms with Gasteiger partial charge in [0.15, 0.2) is 11.2 Å². The third-order valence-corrected chi connectivity index (χ3v) is 3.75. The zero-order valence-electron chi connectivity index (χ0n) is 12.9. The number of para-hydroxylation sites is 1. The summed E-state index contributed by atoms with van der Waals surface area (Å²) in [5.41, 5.74) is 1.53. The number of hydrogen-bond donors (Lipinski definition) is 1. The summed E-state index contributed by atoms with van der Waals surface area (Å²) in [5, 5.41) is 12.0. The van der Waals surface area contributed by atoms with Crippen LogP contribution >= 0.6 is 0 Å². The van der Waals surface area contributed by atoms with Gasteiger partial charge in [0.1, 0.15) is 5.58 Å². The van der Waals surface area contributed by atoms with Crippen molar-refractivity contribution in [3.63, 3.8) is 0 Å². The number of benzene rings is 2. The molecule has 0 bridgehead atoms. The Bertz CT molecular complexity index is 998. The first kappa shape index (κ1) is 15.5. The number of hydrogen-bond acceptors (Lipinski definition) is 4. The topological polar surface area (TPSA) is 83.1 Å². The molecule has 3 aromatic rings. The Morgan fingerprint density at radius 1 is 1.17 bits per heavy atom. The van der Waals surface area contributed by atoms with Gasteiger partial charge >= 0.3 is 0 Å². The van der Waals surface area contributed by atoms with E-state index >= 15 is 0 Å². The van der Waals surface area contributed by atoms with Crippen LogP contribution in [-0.4, -0.2) is 5.91 Å². The maximum absolute atomic E-state index is 12.4. The fraction of sp³-hybridized carbons (Fsp3) is 0.105. The van der Waals surface area contributed by atoms with Gasteiger partial charge in [-0.2, -0.15) is 5.26 Å². The zero-order chi connectivity index (χ0) is 17.1. The fourth-order valence-electron chi connectivity index (χ4n) is 2.41. The molecule has 1 atom stereocenters. The van der Waals surface area contributed by atoms with Crippen LogP contribution in [0.15, 0.2) is 63.8 Å². The van der Waals surface area contributed by atoms with Crippen LogP contribution < -0.4 is 10.7 Å². The average Bonchev–Trinajstić information content (AvgIpc) is 2.61. The SMILES string of the molecule is CC(NC(=O)c1cc(=O)c2ccccc2o1)c1ccc(C#N)cc1. The van der Waals surface area contributed by atoms with Gasteiger partial charge in [-0.1, -0.05) is 24.3 Å². The average molecular weight is 318 g/mol. The Morgan fingerprint density at radius 3 is 2.58 bits per heavy atom. The van der Waals surface area contributed by atoms with Gasteiger partial charge in [0.25, 0.3) is 5.91 Å². The summed E-state index contributed by atoms with van der Waals surface area (Å²) in [4.78, 5) is 24.4. The van der Waals surface area contributed by atoms with Crippen molar-refractivity contribution >= 4 is 16.9 Å². The van der Waals surface area contributed by atoms with Crippen molar-refractivity contribution in [3.05, 3.63) is 81.7 Å². The lowest BCUT2D eigenvalue weighted by Gasteiger charge is -2.14. The first-order valence-corrected chi connectivity index (χ1v) is 7.42. The van der Waals surface area contributed by atoms with Gasteiger partial charge in [-0.3, -0.25) is 9.59 Å². The normalized spacial score (nSPS) is 11.7. The minimum absolute atomic E-state index is 0.0285. The Labute approximate surface area is 138 Å². The fourth-order valence-corrected chi connectivity index (χ4v) is 2.41. The van der Waals surface area contributed by atoms with E-state index in [2.05, 4.69) is 5.32 Å². The van der Waals surface area contributed by atoms with Crippen LogP contribution in [0.1, 0.15) is 34.6 Å². The number of carbonyl (C=O) groups excluding carboxylic acids is 1. The van der Waals surface area contributed by atoms with E-state index in [1.807, 2.05) is 13.0 Å². The lowest BCUT2D eigenvalue weighted by Crippen LogP contribution is -2.27. The molecule has 1 unspecified atom stereocenters. The quantitative estimate of drug-likeness (QED) is 0.804. The molecule has 118 valence electrons. The molecular formula is C19H14N2O3. The molecule has 0 fully saturated rings. The van der Waals surface area contributed by atoms with Crippen molar-refractivity contribution in [2.45, 2.75) is 13.0 Å². The predicted octanol–water partition coefficient (Wildman–Crippen LogP) is 3.16. The first-order chi connectivity index (χ1) is 11.6. The van der Waals surface area contributed by atoms with Crippen molar-refractivity contribution in [2.75, 3.05) is 0 Å². The molecule has 0 aliphatic heterocycles. The number of carbonyl (C=O) groups is 1. The molecule has 5 heteroatoms. The van der Waals surface area contributed by atoms with E-state index in [0.717, 1.165) is 5.56 Å². The lowest BCUT2D eigenvalue weighted by atomic mass is 10.1. The summed E-state index contributed by atoms with van der Waals surface area (Å²) in [7, 11) is 0. The number of nitrogens with one attached hydrogen (secondary N) is 1. The van der Waals surface area contributed by atoms with Crippen LogP contribution in [0.25, 0.3) is 11.0 Å². The molecule has 2 aromatic carbocycles. The predicted molar refractivity (Wildman–Crippen MR) is 89.5 cm³/mol. The van der Waals surface area contributed by atoms with Gasteiger partial charge in [-0.15, -0.1) is 0 Å². The molecule has 5 nitrogen and oxygen atoms in total. The summed E-state index contributed by atoms with van der Waals surface area (Å²) in [6.07, 6.45) is 0. The van der Waals surface area contributed by atoms with Crippen molar-refractivity contribution in [1.82, 2.24) is 5.32 Å². The van der Waals surface area contributed by atoms with Crippen LogP contribution in [-0.2, 0) is 0 Å². The number of fused-ring (bicyclic) bond motifs is 1. The van der Waals surface area contributed by atoms with Gasteiger partial charge < -0.3 is 9.73 Å². The van der Waals surface area contributed by atoms with Crippen LogP contribution in [0.5, 0.6) is 0 Å². The minimum Gasteiger partial charge on any atom is -0.451 e. The lowest BCUT2D eigenvalue weighted by molar-refractivity contribution is 0.0912. The monoisotopic (exact) mass is 318 g/mol. The van der Waals surface area contributed by atoms with Gasteiger partial charge in [0.05, 0.1) is 23.1 Å². The second-order valence-corrected chi connectivity index (χ2v) is 5.40. The summed E-state index contributed by atoms with van der Waals surface area (Å²) in [6.45, 7) is 1.82. The van der Waals surface area contributed by atoms with Crippen molar-refractivity contribution in [1.29, 1.82) is 5.26 Å². The molecule has 3 rings (SSSR count). The molecule has 24 heavy (non-hydrogen) atoms. The summed E-state index contributed by atoms with van der Waals surface area (Å²) in [5.74, 6) is -0.492. The van der Waals surface area contributed by atoms with Gasteiger partial charge in [0.2, 0.25) is 0 Å². The number of amides is 1. The van der Waals surface area contributed by atoms with Crippen molar-refractivity contribution < 1.29 is 9.21 Å². The molecule has 0 aliphatic rings. The highest BCUT2D eigenvalue weighted by Crippen LogP contribution is 2.15. The van der Waals surface area contributed by atoms with E-state index in [4.69, 9.17) is 9.68 Å². The maximum Gasteiger partial charge on any atom is 0.287 e. The third kappa shape index (κ3) is 3.03. The second kappa shape index (κ2) is 6.39. The van der Waals surface area contributed by atoms with E-state index in [9.17, 15) is 9.59 Å². The minimum atomic E-state index is -0.463. The van der Waals surface area contributed by atoms with Crippen LogP contribution in [0, 0.1) is 11.3 Å². The molecule has 1 amide bonds. The molecule has 1 aromatic heterocycles. The smallest absolute Gasteiger partial charge is 0.287 e. The zero-order valence-corrected chi connectivity index (χ0v) is 12.9. The molecule has 0 saturated carbocycles. The van der Waals surface area contributed by atoms with Crippen LogP contribution in [0.4, 0.5) is 0 Å². The Balaban J connectivity index is 1.84. The largest absolute Gasteiger partial charge is 0.451 e. The van der Waals surface area contributed by atoms with E-state index in [1.165, 1.54) is 6.07 Å². The Kier molecular flexibility index (Phi) is 4.13. The standard InChI is InChI=1S/C19H14N2O3/c1-12(14-8-6-13(11-20)7-9-14)21-19(23)18-10-16(22)15-4-2-3-5-17(15)24-18/h2-10,12H,1H3,(H,21,23). The van der Waals surface area contributed by atoms with E-state index in [-0.39, 0.29) is 17.2 Å². The Morgan fingerprint density at radius 2 is 1.88 bits per heavy atom. The molecule has 0 radical (unpaired) electrons. The molecule has 0 saturated heterocycles. The Hall–Kier alpha value is -3.39. The number of nitrogens with zero attached hydrogens (tertiary/aromatic N) is 1. The number of nitriles is 1. The van der Waals surface area contributed by atoms with Gasteiger partial charge in [-0.25, -0.2) is 0 Å². The summed E-state index contributed by atoms with van der Waals surface area (Å²) >= 11 is 0. The molecule has 1 heterocycles. The van der Waals surface area contributed by atoms with Crippen molar-refractivity contribution in [3.8, 4) is 6.07 Å². The highest BCUT2D eigenvalue weighted by Gasteiger charge is 2.15. The van der Waals surface area contributed by atoms with E-state index in [1.54, 1.807) is 48.5 Å².